The number of anilines is 1. The molecule has 2 atom stereocenters. The van der Waals surface area contributed by atoms with Crippen LogP contribution in [0.2, 0.25) is 0 Å². The molecule has 3 nitrogen and oxygen atoms in total. The molecule has 1 N–H and O–H groups in total. The Morgan fingerprint density at radius 1 is 1.29 bits per heavy atom. The Bertz CT molecular complexity index is 294. The lowest BCUT2D eigenvalue weighted by Gasteiger charge is -2.17. The molecule has 2 unspecified atom stereocenters. The van der Waals surface area contributed by atoms with Crippen LogP contribution in [0.15, 0.2) is 12.1 Å². The van der Waals surface area contributed by atoms with E-state index in [2.05, 4.69) is 22.4 Å². The molecule has 14 heavy (non-hydrogen) atoms. The first-order valence-corrected chi connectivity index (χ1v) is 5.32. The number of aryl methyl sites for hydroxylation is 1. The van der Waals surface area contributed by atoms with Gasteiger partial charge in [-0.1, -0.05) is 13.3 Å². The highest BCUT2D eigenvalue weighted by molar-refractivity contribution is 5.34. The highest BCUT2D eigenvalue weighted by Gasteiger charge is 2.23. The van der Waals surface area contributed by atoms with Crippen molar-refractivity contribution >= 4 is 5.82 Å². The summed E-state index contributed by atoms with van der Waals surface area (Å²) < 4.78 is 0. The molecule has 0 aliphatic heterocycles. The van der Waals surface area contributed by atoms with E-state index in [4.69, 9.17) is 0 Å². The second kappa shape index (κ2) is 3.95. The van der Waals surface area contributed by atoms with Crippen molar-refractivity contribution < 1.29 is 0 Å². The molecule has 0 radical (unpaired) electrons. The van der Waals surface area contributed by atoms with E-state index in [1.807, 2.05) is 19.1 Å². The molecule has 76 valence electrons. The summed E-state index contributed by atoms with van der Waals surface area (Å²) in [5.74, 6) is 1.67. The normalized spacial score (nSPS) is 26.4. The Morgan fingerprint density at radius 2 is 2.14 bits per heavy atom. The van der Waals surface area contributed by atoms with Gasteiger partial charge in [0, 0.05) is 6.04 Å². The molecule has 1 aromatic heterocycles. The van der Waals surface area contributed by atoms with Crippen LogP contribution in [-0.2, 0) is 0 Å². The third kappa shape index (κ3) is 2.03. The molecule has 0 aromatic carbocycles. The zero-order chi connectivity index (χ0) is 9.97. The van der Waals surface area contributed by atoms with Crippen molar-refractivity contribution in [1.82, 2.24) is 10.2 Å². The van der Waals surface area contributed by atoms with Crippen LogP contribution in [0.5, 0.6) is 0 Å². The molecular weight excluding hydrogens is 174 g/mol. The van der Waals surface area contributed by atoms with Gasteiger partial charge in [0.2, 0.25) is 0 Å². The summed E-state index contributed by atoms with van der Waals surface area (Å²) in [5.41, 5.74) is 0.968. The number of aromatic nitrogens is 2. The molecule has 1 aliphatic carbocycles. The van der Waals surface area contributed by atoms with Crippen molar-refractivity contribution in [2.45, 2.75) is 39.2 Å². The quantitative estimate of drug-likeness (QED) is 0.780. The van der Waals surface area contributed by atoms with Crippen LogP contribution in [0, 0.1) is 12.8 Å². The predicted molar refractivity (Wildman–Crippen MR) is 57.2 cm³/mol. The van der Waals surface area contributed by atoms with E-state index in [1.54, 1.807) is 0 Å². The summed E-state index contributed by atoms with van der Waals surface area (Å²) >= 11 is 0. The van der Waals surface area contributed by atoms with E-state index >= 15 is 0 Å². The van der Waals surface area contributed by atoms with E-state index in [-0.39, 0.29) is 0 Å². The molecule has 1 heterocycles. The smallest absolute Gasteiger partial charge is 0.148 e. The number of hydrogen-bond acceptors (Lipinski definition) is 3. The minimum absolute atomic E-state index is 0.590. The van der Waals surface area contributed by atoms with E-state index in [1.165, 1.54) is 19.3 Å². The standard InChI is InChI=1S/C11H17N3/c1-8-4-3-5-10(8)12-11-7-6-9(2)13-14-11/h6-8,10H,3-5H2,1-2H3,(H,12,14). The summed E-state index contributed by atoms with van der Waals surface area (Å²) in [6.07, 6.45) is 3.92. The molecule has 1 aliphatic rings. The first-order valence-electron chi connectivity index (χ1n) is 5.32. The van der Waals surface area contributed by atoms with E-state index in [9.17, 15) is 0 Å². The average molecular weight is 191 g/mol. The van der Waals surface area contributed by atoms with Crippen LogP contribution < -0.4 is 5.32 Å². The third-order valence-electron chi connectivity index (χ3n) is 2.99. The van der Waals surface area contributed by atoms with Crippen molar-refractivity contribution in [3.8, 4) is 0 Å². The average Bonchev–Trinajstić information content (AvgIpc) is 2.56. The summed E-state index contributed by atoms with van der Waals surface area (Å²) in [6, 6.07) is 4.59. The fourth-order valence-electron chi connectivity index (χ4n) is 2.03. The molecule has 0 bridgehead atoms. The molecular formula is C11H17N3. The van der Waals surface area contributed by atoms with Gasteiger partial charge in [-0.25, -0.2) is 0 Å². The summed E-state index contributed by atoms with van der Waals surface area (Å²) in [6.45, 7) is 4.25. The van der Waals surface area contributed by atoms with Gasteiger partial charge in [-0.15, -0.1) is 5.10 Å². The Hall–Kier alpha value is -1.12. The van der Waals surface area contributed by atoms with Crippen molar-refractivity contribution in [3.05, 3.63) is 17.8 Å². The van der Waals surface area contributed by atoms with E-state index in [0.29, 0.717) is 6.04 Å². The molecule has 0 amide bonds. The molecule has 1 aromatic rings. The lowest BCUT2D eigenvalue weighted by molar-refractivity contribution is 0.554. The minimum Gasteiger partial charge on any atom is -0.366 e. The fourth-order valence-corrected chi connectivity index (χ4v) is 2.03. The van der Waals surface area contributed by atoms with Crippen molar-refractivity contribution in [1.29, 1.82) is 0 Å². The largest absolute Gasteiger partial charge is 0.366 e. The summed E-state index contributed by atoms with van der Waals surface area (Å²) in [7, 11) is 0. The molecule has 0 spiro atoms. The van der Waals surface area contributed by atoms with Crippen molar-refractivity contribution in [2.24, 2.45) is 5.92 Å². The van der Waals surface area contributed by atoms with E-state index < -0.39 is 0 Å². The van der Waals surface area contributed by atoms with Gasteiger partial charge in [0.05, 0.1) is 5.69 Å². The first kappa shape index (κ1) is 9.44. The van der Waals surface area contributed by atoms with E-state index in [0.717, 1.165) is 17.4 Å². The number of hydrogen-bond donors (Lipinski definition) is 1. The Kier molecular flexibility index (Phi) is 2.66. The maximum atomic E-state index is 4.12. The van der Waals surface area contributed by atoms with Gasteiger partial charge in [0.15, 0.2) is 0 Å². The lowest BCUT2D eigenvalue weighted by Crippen LogP contribution is -2.22. The number of nitrogens with zero attached hydrogens (tertiary/aromatic N) is 2. The zero-order valence-electron chi connectivity index (χ0n) is 8.83. The molecule has 2 rings (SSSR count). The van der Waals surface area contributed by atoms with Crippen LogP contribution in [0.25, 0.3) is 0 Å². The Balaban J connectivity index is 2.00. The predicted octanol–water partition coefficient (Wildman–Crippen LogP) is 2.39. The zero-order valence-corrected chi connectivity index (χ0v) is 8.83. The van der Waals surface area contributed by atoms with Crippen LogP contribution in [-0.4, -0.2) is 16.2 Å². The Morgan fingerprint density at radius 3 is 2.71 bits per heavy atom. The minimum atomic E-state index is 0.590. The van der Waals surface area contributed by atoms with Crippen molar-refractivity contribution in [3.63, 3.8) is 0 Å². The number of rotatable bonds is 2. The highest BCUT2D eigenvalue weighted by Crippen LogP contribution is 2.27. The first-order chi connectivity index (χ1) is 6.75. The number of nitrogens with one attached hydrogen (secondary N) is 1. The maximum absolute atomic E-state index is 4.12. The second-order valence-electron chi connectivity index (χ2n) is 4.22. The van der Waals surface area contributed by atoms with Gasteiger partial charge in [-0.3, -0.25) is 0 Å². The van der Waals surface area contributed by atoms with Crippen molar-refractivity contribution in [2.75, 3.05) is 5.32 Å². The lowest BCUT2D eigenvalue weighted by atomic mass is 10.1. The molecule has 0 saturated heterocycles. The van der Waals surface area contributed by atoms with Crippen LogP contribution in [0.3, 0.4) is 0 Å². The van der Waals surface area contributed by atoms with Gasteiger partial charge in [0.1, 0.15) is 5.82 Å². The van der Waals surface area contributed by atoms with Crippen LogP contribution >= 0.6 is 0 Å². The summed E-state index contributed by atoms with van der Waals surface area (Å²) in [5, 5.41) is 11.6. The van der Waals surface area contributed by atoms with Gasteiger partial charge < -0.3 is 5.32 Å². The monoisotopic (exact) mass is 191 g/mol. The van der Waals surface area contributed by atoms with Gasteiger partial charge >= 0.3 is 0 Å². The molecule has 1 saturated carbocycles. The van der Waals surface area contributed by atoms with Crippen LogP contribution in [0.4, 0.5) is 5.82 Å². The fraction of sp³-hybridized carbons (Fsp3) is 0.636. The molecule has 1 fully saturated rings. The maximum Gasteiger partial charge on any atom is 0.148 e. The second-order valence-corrected chi connectivity index (χ2v) is 4.22. The van der Waals surface area contributed by atoms with Gasteiger partial charge in [-0.2, -0.15) is 5.10 Å². The Labute approximate surface area is 84.9 Å². The molecule has 3 heteroatoms. The van der Waals surface area contributed by atoms with Crippen LogP contribution in [0.1, 0.15) is 31.9 Å². The highest BCUT2D eigenvalue weighted by atomic mass is 15.2. The van der Waals surface area contributed by atoms with Gasteiger partial charge in [-0.05, 0) is 37.8 Å². The topological polar surface area (TPSA) is 37.8 Å². The summed E-state index contributed by atoms with van der Waals surface area (Å²) in [4.78, 5) is 0. The third-order valence-corrected chi connectivity index (χ3v) is 2.99. The van der Waals surface area contributed by atoms with Gasteiger partial charge in [0.25, 0.3) is 0 Å². The SMILES string of the molecule is Cc1ccc(NC2CCCC2C)nn1.